The topological polar surface area (TPSA) is 143 Å². The van der Waals surface area contributed by atoms with E-state index in [-0.39, 0.29) is 24.5 Å². The molecule has 32 heavy (non-hydrogen) atoms. The van der Waals surface area contributed by atoms with Crippen LogP contribution in [0.5, 0.6) is 0 Å². The molecular formula is C23H27N3O6. The first kappa shape index (κ1) is 23.2. The number of hydrogen-bond donors (Lipinski definition) is 5. The Morgan fingerprint density at radius 2 is 1.94 bits per heavy atom. The first-order chi connectivity index (χ1) is 15.2. The number of nitrogens with zero attached hydrogens (tertiary/aromatic N) is 1. The highest BCUT2D eigenvalue weighted by Crippen LogP contribution is 2.40. The lowest BCUT2D eigenvalue weighted by Crippen LogP contribution is -2.48. The number of carbonyl (C=O) groups excluding carboxylic acids is 1. The number of likely N-dealkylation sites (N-methyl/N-ethyl adjacent to an activating group) is 1. The molecule has 170 valence electrons. The number of fused-ring (bicyclic) bond motifs is 2. The van der Waals surface area contributed by atoms with Crippen molar-refractivity contribution in [2.24, 2.45) is 5.92 Å². The van der Waals surface area contributed by atoms with Gasteiger partial charge in [0.15, 0.2) is 0 Å². The Morgan fingerprint density at radius 1 is 1.25 bits per heavy atom. The van der Waals surface area contributed by atoms with Crippen LogP contribution in [0.25, 0.3) is 16.5 Å². The van der Waals surface area contributed by atoms with Gasteiger partial charge in [0.05, 0.1) is 12.5 Å². The third-order valence-electron chi connectivity index (χ3n) is 5.64. The molecule has 2 aromatic rings. The number of nitrogens with one attached hydrogen (secondary N) is 2. The lowest BCUT2D eigenvalue weighted by molar-refractivity contribution is -0.134. The Morgan fingerprint density at radius 3 is 2.56 bits per heavy atom. The van der Waals surface area contributed by atoms with Gasteiger partial charge in [-0.05, 0) is 43.2 Å². The first-order valence-electron chi connectivity index (χ1n) is 10.3. The van der Waals surface area contributed by atoms with Crippen molar-refractivity contribution in [3.8, 4) is 0 Å². The summed E-state index contributed by atoms with van der Waals surface area (Å²) < 4.78 is 0. The second-order valence-corrected chi connectivity index (χ2v) is 8.03. The number of aromatic nitrogens is 1. The molecule has 5 N–H and O–H groups in total. The fourth-order valence-corrected chi connectivity index (χ4v) is 4.15. The van der Waals surface area contributed by atoms with Crippen molar-refractivity contribution in [2.75, 3.05) is 20.2 Å². The van der Waals surface area contributed by atoms with Gasteiger partial charge in [0.2, 0.25) is 5.91 Å². The fraction of sp³-hybridized carbons (Fsp3) is 0.348. The molecule has 1 aromatic carbocycles. The van der Waals surface area contributed by atoms with Gasteiger partial charge in [0, 0.05) is 47.9 Å². The van der Waals surface area contributed by atoms with E-state index in [4.69, 9.17) is 15.3 Å². The summed E-state index contributed by atoms with van der Waals surface area (Å²) in [5.41, 5.74) is 4.99. The maximum atomic E-state index is 12.5. The van der Waals surface area contributed by atoms with Gasteiger partial charge in [-0.25, -0.2) is 9.59 Å². The number of H-pyrrole nitrogens is 1. The predicted octanol–water partition coefficient (Wildman–Crippen LogP) is 1.25. The maximum Gasteiger partial charge on any atom is 0.328 e. The van der Waals surface area contributed by atoms with Crippen molar-refractivity contribution in [2.45, 2.75) is 25.4 Å². The molecule has 9 heteroatoms. The van der Waals surface area contributed by atoms with Crippen LogP contribution < -0.4 is 5.32 Å². The number of aliphatic carboxylic acids is 2. The summed E-state index contributed by atoms with van der Waals surface area (Å²) in [5.74, 6) is -2.72. The number of carboxylic acids is 2. The summed E-state index contributed by atoms with van der Waals surface area (Å²) in [6, 6.07) is 6.42. The Labute approximate surface area is 185 Å². The average Bonchev–Trinajstić information content (AvgIpc) is 3.17. The van der Waals surface area contributed by atoms with E-state index in [1.54, 1.807) is 0 Å². The summed E-state index contributed by atoms with van der Waals surface area (Å²) in [6.45, 7) is 2.47. The highest BCUT2D eigenvalue weighted by molar-refractivity contribution is 5.99. The van der Waals surface area contributed by atoms with Gasteiger partial charge >= 0.3 is 11.9 Å². The van der Waals surface area contributed by atoms with Crippen molar-refractivity contribution >= 4 is 34.3 Å². The lowest BCUT2D eigenvalue weighted by Gasteiger charge is -2.39. The molecule has 0 saturated heterocycles. The van der Waals surface area contributed by atoms with Crippen LogP contribution in [-0.2, 0) is 20.8 Å². The minimum absolute atomic E-state index is 0.0126. The number of rotatable bonds is 5. The summed E-state index contributed by atoms with van der Waals surface area (Å²) in [5, 5.41) is 29.0. The normalized spacial score (nSPS) is 20.7. The van der Waals surface area contributed by atoms with Gasteiger partial charge in [-0.2, -0.15) is 0 Å². The van der Waals surface area contributed by atoms with Crippen LogP contribution >= 0.6 is 0 Å². The zero-order valence-electron chi connectivity index (χ0n) is 17.9. The molecular weight excluding hydrogens is 414 g/mol. The van der Waals surface area contributed by atoms with Gasteiger partial charge < -0.3 is 25.6 Å². The van der Waals surface area contributed by atoms with Gasteiger partial charge in [0.25, 0.3) is 0 Å². The van der Waals surface area contributed by atoms with E-state index < -0.39 is 11.9 Å². The van der Waals surface area contributed by atoms with E-state index in [0.717, 1.165) is 11.9 Å². The third kappa shape index (κ3) is 5.06. The molecule has 0 spiro atoms. The molecule has 4 rings (SSSR count). The molecule has 2 heterocycles. The number of benzene rings is 1. The number of aromatic amines is 1. The van der Waals surface area contributed by atoms with Crippen molar-refractivity contribution in [3.05, 3.63) is 53.8 Å². The van der Waals surface area contributed by atoms with E-state index >= 15 is 0 Å². The van der Waals surface area contributed by atoms with Crippen LogP contribution in [0.15, 0.2) is 42.6 Å². The SMILES string of the molecule is C[C@@H](CO)NC(=O)[C@H]1C=C2c3cccc4[nH]cc(c34)C[C@H]2N(C)C1.O=C(O)/C=C\C(=O)O. The monoisotopic (exact) mass is 441 g/mol. The second kappa shape index (κ2) is 9.80. The Kier molecular flexibility index (Phi) is 7.12. The maximum absolute atomic E-state index is 12.5. The van der Waals surface area contributed by atoms with E-state index in [0.29, 0.717) is 24.7 Å². The average molecular weight is 441 g/mol. The molecule has 1 amide bonds. The zero-order chi connectivity index (χ0) is 23.4. The molecule has 1 aromatic heterocycles. The Bertz CT molecular complexity index is 1070. The summed E-state index contributed by atoms with van der Waals surface area (Å²) in [4.78, 5) is 37.3. The largest absolute Gasteiger partial charge is 0.478 e. The molecule has 0 saturated carbocycles. The molecule has 9 nitrogen and oxygen atoms in total. The highest BCUT2D eigenvalue weighted by Gasteiger charge is 2.35. The fourth-order valence-electron chi connectivity index (χ4n) is 4.15. The van der Waals surface area contributed by atoms with E-state index in [9.17, 15) is 14.4 Å². The quantitative estimate of drug-likeness (QED) is 0.439. The second-order valence-electron chi connectivity index (χ2n) is 8.03. The summed E-state index contributed by atoms with van der Waals surface area (Å²) in [6.07, 6.45) is 6.33. The van der Waals surface area contributed by atoms with Crippen LogP contribution in [0.1, 0.15) is 18.1 Å². The molecule has 0 bridgehead atoms. The van der Waals surface area contributed by atoms with Crippen LogP contribution in [-0.4, -0.2) is 75.3 Å². The van der Waals surface area contributed by atoms with Gasteiger partial charge in [0.1, 0.15) is 0 Å². The lowest BCUT2D eigenvalue weighted by atomic mass is 9.80. The van der Waals surface area contributed by atoms with E-state index in [1.807, 2.05) is 6.92 Å². The number of carbonyl (C=O) groups is 3. The Balaban J connectivity index is 0.000000312. The minimum Gasteiger partial charge on any atom is -0.478 e. The van der Waals surface area contributed by atoms with Crippen molar-refractivity contribution < 1.29 is 29.7 Å². The van der Waals surface area contributed by atoms with Crippen LogP contribution in [0, 0.1) is 5.92 Å². The predicted molar refractivity (Wildman–Crippen MR) is 119 cm³/mol. The molecule has 1 aliphatic carbocycles. The van der Waals surface area contributed by atoms with Gasteiger partial charge in [-0.1, -0.05) is 18.2 Å². The first-order valence-corrected chi connectivity index (χ1v) is 10.3. The Hall–Kier alpha value is -3.43. The van der Waals surface area contributed by atoms with Crippen molar-refractivity contribution in [1.29, 1.82) is 0 Å². The van der Waals surface area contributed by atoms with Crippen LogP contribution in [0.2, 0.25) is 0 Å². The van der Waals surface area contributed by atoms with Crippen LogP contribution in [0.3, 0.4) is 0 Å². The molecule has 1 aliphatic heterocycles. The molecule has 3 atom stereocenters. The molecule has 0 fully saturated rings. The molecule has 0 radical (unpaired) electrons. The summed E-state index contributed by atoms with van der Waals surface area (Å²) in [7, 11) is 2.09. The number of hydrogen-bond acceptors (Lipinski definition) is 5. The standard InChI is InChI=1S/C19H23N3O2.C4H4O4/c1-11(10-23)21-19(24)13-6-15-14-4-3-5-16-18(14)12(8-20-16)7-17(15)22(2)9-13;5-3(6)1-2-4(7)8/h3-6,8,11,13,17,20,23H,7,9-10H2,1-2H3,(H,21,24);1-2H,(H,5,6)(H,7,8)/b;2-1-/t11-,13-,17+;/m0./s1. The molecule has 2 aliphatic rings. The van der Waals surface area contributed by atoms with E-state index in [2.05, 4.69) is 52.7 Å². The molecule has 0 unspecified atom stereocenters. The van der Waals surface area contributed by atoms with Crippen molar-refractivity contribution in [1.82, 2.24) is 15.2 Å². The number of aliphatic hydroxyl groups excluding tert-OH is 1. The van der Waals surface area contributed by atoms with Crippen LogP contribution in [0.4, 0.5) is 0 Å². The summed E-state index contributed by atoms with van der Waals surface area (Å²) >= 11 is 0. The van der Waals surface area contributed by atoms with Gasteiger partial charge in [-0.15, -0.1) is 0 Å². The number of carboxylic acid groups (broad SMARTS) is 2. The number of aliphatic hydroxyl groups is 1. The smallest absolute Gasteiger partial charge is 0.328 e. The van der Waals surface area contributed by atoms with Crippen molar-refractivity contribution in [3.63, 3.8) is 0 Å². The third-order valence-corrected chi connectivity index (χ3v) is 5.64. The minimum atomic E-state index is -1.26. The highest BCUT2D eigenvalue weighted by atomic mass is 16.4. The zero-order valence-corrected chi connectivity index (χ0v) is 17.9. The van der Waals surface area contributed by atoms with E-state index in [1.165, 1.54) is 22.1 Å². The number of amides is 1. The van der Waals surface area contributed by atoms with Gasteiger partial charge in [-0.3, -0.25) is 9.69 Å².